The Balaban J connectivity index is 1.77. The smallest absolute Gasteiger partial charge is 0.231 e. The molecule has 1 atom stereocenters. The Morgan fingerprint density at radius 2 is 1.70 bits per heavy atom. The van der Waals surface area contributed by atoms with E-state index >= 15 is 0 Å². The van der Waals surface area contributed by atoms with E-state index in [9.17, 15) is 4.79 Å². The van der Waals surface area contributed by atoms with Crippen molar-refractivity contribution in [1.82, 2.24) is 5.16 Å². The van der Waals surface area contributed by atoms with Gasteiger partial charge in [-0.05, 0) is 37.3 Å². The van der Waals surface area contributed by atoms with Crippen LogP contribution >= 0.6 is 0 Å². The first-order valence-corrected chi connectivity index (χ1v) is 9.37. The number of carbonyl (C=O) groups excluding carboxylic acids is 1. The molecular weight excluding hydrogens is 336 g/mol. The van der Waals surface area contributed by atoms with Crippen LogP contribution in [-0.4, -0.2) is 11.1 Å². The van der Waals surface area contributed by atoms with Crippen LogP contribution < -0.4 is 5.32 Å². The summed E-state index contributed by atoms with van der Waals surface area (Å²) in [5.74, 6) is 0.873. The van der Waals surface area contributed by atoms with E-state index in [-0.39, 0.29) is 11.8 Å². The number of benzene rings is 2. The molecule has 3 aromatic rings. The molecule has 0 spiro atoms. The van der Waals surface area contributed by atoms with Crippen LogP contribution in [-0.2, 0) is 11.2 Å². The quantitative estimate of drug-likeness (QED) is 0.622. The van der Waals surface area contributed by atoms with E-state index in [0.717, 1.165) is 17.5 Å². The molecule has 4 heteroatoms. The molecule has 1 N–H and O–H groups in total. The number of nitrogens with zero attached hydrogens (tertiary/aromatic N) is 1. The summed E-state index contributed by atoms with van der Waals surface area (Å²) in [5.41, 5.74) is 4.49. The first-order valence-electron chi connectivity index (χ1n) is 9.37. The van der Waals surface area contributed by atoms with Crippen LogP contribution in [0.1, 0.15) is 43.6 Å². The highest BCUT2D eigenvalue weighted by molar-refractivity contribution is 5.98. The largest absolute Gasteiger partial charge is 0.359 e. The fourth-order valence-corrected chi connectivity index (χ4v) is 3.11. The monoisotopic (exact) mass is 362 g/mol. The second-order valence-corrected chi connectivity index (χ2v) is 7.38. The Labute approximate surface area is 160 Å². The van der Waals surface area contributed by atoms with Gasteiger partial charge in [0.2, 0.25) is 5.91 Å². The number of amides is 1. The lowest BCUT2D eigenvalue weighted by atomic mass is 9.96. The molecule has 4 nitrogen and oxygen atoms in total. The Kier molecular flexibility index (Phi) is 5.75. The van der Waals surface area contributed by atoms with Crippen LogP contribution in [0.3, 0.4) is 0 Å². The van der Waals surface area contributed by atoms with Crippen LogP contribution in [0.2, 0.25) is 0 Å². The summed E-state index contributed by atoms with van der Waals surface area (Å²) in [6.45, 7) is 8.13. The zero-order valence-corrected chi connectivity index (χ0v) is 16.3. The second kappa shape index (κ2) is 8.21. The third kappa shape index (κ3) is 4.45. The summed E-state index contributed by atoms with van der Waals surface area (Å²) in [6, 6.07) is 18.0. The SMILES string of the molecule is Cc1onc(-c2ccccc2)c1NC(=O)C(C)c1ccc(CC(C)C)cc1. The Morgan fingerprint density at radius 3 is 2.33 bits per heavy atom. The number of rotatable bonds is 6. The molecule has 1 heterocycles. The maximum absolute atomic E-state index is 12.8. The number of nitrogens with one attached hydrogen (secondary N) is 1. The fraction of sp³-hybridized carbons (Fsp3) is 0.304. The third-order valence-corrected chi connectivity index (χ3v) is 4.68. The molecule has 0 bridgehead atoms. The van der Waals surface area contributed by atoms with Gasteiger partial charge in [0.05, 0.1) is 5.92 Å². The van der Waals surface area contributed by atoms with Crippen molar-refractivity contribution in [3.8, 4) is 11.3 Å². The van der Waals surface area contributed by atoms with E-state index in [1.165, 1.54) is 5.56 Å². The summed E-state index contributed by atoms with van der Waals surface area (Å²) < 4.78 is 5.32. The maximum Gasteiger partial charge on any atom is 0.231 e. The predicted octanol–water partition coefficient (Wildman–Crippen LogP) is 5.59. The highest BCUT2D eigenvalue weighted by Crippen LogP contribution is 2.31. The Bertz CT molecular complexity index is 896. The van der Waals surface area contributed by atoms with Crippen molar-refractivity contribution in [3.05, 3.63) is 71.5 Å². The van der Waals surface area contributed by atoms with Crippen molar-refractivity contribution in [2.45, 2.75) is 40.0 Å². The van der Waals surface area contributed by atoms with E-state index in [1.54, 1.807) is 6.92 Å². The highest BCUT2D eigenvalue weighted by Gasteiger charge is 2.21. The summed E-state index contributed by atoms with van der Waals surface area (Å²) >= 11 is 0. The molecule has 0 aliphatic rings. The van der Waals surface area contributed by atoms with Crippen LogP contribution in [0.4, 0.5) is 5.69 Å². The van der Waals surface area contributed by atoms with Gasteiger partial charge in [0.25, 0.3) is 0 Å². The molecule has 1 unspecified atom stereocenters. The van der Waals surface area contributed by atoms with Crippen LogP contribution in [0, 0.1) is 12.8 Å². The minimum atomic E-state index is -0.268. The topological polar surface area (TPSA) is 55.1 Å². The summed E-state index contributed by atoms with van der Waals surface area (Å²) in [7, 11) is 0. The third-order valence-electron chi connectivity index (χ3n) is 4.68. The molecule has 1 amide bonds. The molecule has 140 valence electrons. The lowest BCUT2D eigenvalue weighted by molar-refractivity contribution is -0.117. The van der Waals surface area contributed by atoms with Crippen LogP contribution in [0.25, 0.3) is 11.3 Å². The number of hydrogen-bond acceptors (Lipinski definition) is 3. The van der Waals surface area contributed by atoms with Crippen molar-refractivity contribution in [1.29, 1.82) is 0 Å². The van der Waals surface area contributed by atoms with E-state index in [2.05, 4.69) is 36.5 Å². The van der Waals surface area contributed by atoms with Crippen molar-refractivity contribution < 1.29 is 9.32 Å². The number of aryl methyl sites for hydroxylation is 1. The van der Waals surface area contributed by atoms with Gasteiger partial charge in [0.1, 0.15) is 11.4 Å². The minimum Gasteiger partial charge on any atom is -0.359 e. The first kappa shape index (κ1) is 18.9. The molecule has 2 aromatic carbocycles. The average molecular weight is 362 g/mol. The minimum absolute atomic E-state index is 0.0740. The van der Waals surface area contributed by atoms with Gasteiger partial charge in [-0.2, -0.15) is 0 Å². The van der Waals surface area contributed by atoms with E-state index in [0.29, 0.717) is 23.1 Å². The fourth-order valence-electron chi connectivity index (χ4n) is 3.11. The molecular formula is C23H26N2O2. The standard InChI is InChI=1S/C23H26N2O2/c1-15(2)14-18-10-12-19(13-11-18)16(3)23(26)24-21-17(4)27-25-22(21)20-8-6-5-7-9-20/h5-13,15-16H,14H2,1-4H3,(H,24,26). The van der Waals surface area contributed by atoms with Gasteiger partial charge >= 0.3 is 0 Å². The molecule has 0 radical (unpaired) electrons. The van der Waals surface area contributed by atoms with Gasteiger partial charge in [-0.25, -0.2) is 0 Å². The van der Waals surface area contributed by atoms with Crippen molar-refractivity contribution in [3.63, 3.8) is 0 Å². The molecule has 27 heavy (non-hydrogen) atoms. The number of aromatic nitrogens is 1. The summed E-state index contributed by atoms with van der Waals surface area (Å²) in [4.78, 5) is 12.8. The van der Waals surface area contributed by atoms with Gasteiger partial charge in [-0.15, -0.1) is 0 Å². The molecule has 0 aliphatic heterocycles. The normalized spacial score (nSPS) is 12.2. The summed E-state index contributed by atoms with van der Waals surface area (Å²) in [5, 5.41) is 7.13. The Hall–Kier alpha value is -2.88. The lowest BCUT2D eigenvalue weighted by Gasteiger charge is -2.14. The molecule has 0 aliphatic carbocycles. The lowest BCUT2D eigenvalue weighted by Crippen LogP contribution is -2.19. The number of carbonyl (C=O) groups is 1. The van der Waals surface area contributed by atoms with E-state index < -0.39 is 0 Å². The molecule has 0 saturated heterocycles. The van der Waals surface area contributed by atoms with Crippen molar-refractivity contribution >= 4 is 11.6 Å². The molecule has 3 rings (SSSR count). The van der Waals surface area contributed by atoms with Gasteiger partial charge < -0.3 is 9.84 Å². The predicted molar refractivity (Wildman–Crippen MR) is 109 cm³/mol. The van der Waals surface area contributed by atoms with Crippen LogP contribution in [0.5, 0.6) is 0 Å². The van der Waals surface area contributed by atoms with E-state index in [1.807, 2.05) is 49.4 Å². The van der Waals surface area contributed by atoms with E-state index in [4.69, 9.17) is 4.52 Å². The molecule has 0 saturated carbocycles. The zero-order chi connectivity index (χ0) is 19.4. The molecule has 1 aromatic heterocycles. The molecule has 0 fully saturated rings. The van der Waals surface area contributed by atoms with Gasteiger partial charge in [-0.1, -0.05) is 73.6 Å². The average Bonchev–Trinajstić information content (AvgIpc) is 3.02. The number of anilines is 1. The van der Waals surface area contributed by atoms with Gasteiger partial charge in [0, 0.05) is 5.56 Å². The summed E-state index contributed by atoms with van der Waals surface area (Å²) in [6.07, 6.45) is 1.04. The Morgan fingerprint density at radius 1 is 1.04 bits per heavy atom. The van der Waals surface area contributed by atoms with Crippen molar-refractivity contribution in [2.24, 2.45) is 5.92 Å². The van der Waals surface area contributed by atoms with Gasteiger partial charge in [0.15, 0.2) is 5.76 Å². The first-order chi connectivity index (χ1) is 13.0. The van der Waals surface area contributed by atoms with Crippen molar-refractivity contribution in [2.75, 3.05) is 5.32 Å². The van der Waals surface area contributed by atoms with Crippen LogP contribution in [0.15, 0.2) is 59.1 Å². The van der Waals surface area contributed by atoms with Gasteiger partial charge in [-0.3, -0.25) is 4.79 Å². The zero-order valence-electron chi connectivity index (χ0n) is 16.3. The maximum atomic E-state index is 12.8. The number of hydrogen-bond donors (Lipinski definition) is 1. The highest BCUT2D eigenvalue weighted by atomic mass is 16.5. The second-order valence-electron chi connectivity index (χ2n) is 7.38.